The fourth-order valence-electron chi connectivity index (χ4n) is 3.33. The first-order chi connectivity index (χ1) is 12.3. The lowest BCUT2D eigenvalue weighted by Gasteiger charge is -2.07. The number of hydrogen-bond acceptors (Lipinski definition) is 4. The van der Waals surface area contributed by atoms with E-state index < -0.39 is 0 Å². The maximum Gasteiger partial charge on any atom is 0.160 e. The number of rotatable bonds is 2. The van der Waals surface area contributed by atoms with Crippen molar-refractivity contribution in [2.45, 2.75) is 19.9 Å². The summed E-state index contributed by atoms with van der Waals surface area (Å²) in [4.78, 5) is 13.4. The van der Waals surface area contributed by atoms with Crippen LogP contribution < -0.4 is 0 Å². The topological polar surface area (TPSA) is 61.4 Å². The highest BCUT2D eigenvalue weighted by molar-refractivity contribution is 5.69. The lowest BCUT2D eigenvalue weighted by atomic mass is 10.1. The minimum atomic E-state index is 0.666. The van der Waals surface area contributed by atoms with Crippen LogP contribution in [0.15, 0.2) is 55.1 Å². The van der Waals surface area contributed by atoms with Crippen LogP contribution in [0.4, 0.5) is 0 Å². The highest BCUT2D eigenvalue weighted by Crippen LogP contribution is 2.31. The van der Waals surface area contributed by atoms with Gasteiger partial charge in [0.25, 0.3) is 0 Å². The standard InChI is InChI=1S/C19H16N6/c1-13-17-11-25-19(15-4-2-3-5-16(15)24(17)12-21-13)22-18(23-25)10-14-6-8-20-9-7-14/h2-9,12H,10-11H2,1H3. The third-order valence-corrected chi connectivity index (χ3v) is 4.61. The maximum atomic E-state index is 4.84. The molecule has 3 aromatic heterocycles. The Balaban J connectivity index is 1.66. The van der Waals surface area contributed by atoms with E-state index in [4.69, 9.17) is 10.1 Å². The zero-order valence-corrected chi connectivity index (χ0v) is 13.8. The number of aromatic nitrogens is 6. The largest absolute Gasteiger partial charge is 0.300 e. The first kappa shape index (κ1) is 14.1. The van der Waals surface area contributed by atoms with Gasteiger partial charge in [0.1, 0.15) is 0 Å². The van der Waals surface area contributed by atoms with Crippen LogP contribution in [0, 0.1) is 6.92 Å². The third kappa shape index (κ3) is 2.26. The number of benzene rings is 1. The molecule has 0 unspecified atom stereocenters. The van der Waals surface area contributed by atoms with Crippen LogP contribution in [0.3, 0.4) is 0 Å². The van der Waals surface area contributed by atoms with Crippen LogP contribution in [0.1, 0.15) is 22.8 Å². The Kier molecular flexibility index (Phi) is 3.03. The molecule has 25 heavy (non-hydrogen) atoms. The summed E-state index contributed by atoms with van der Waals surface area (Å²) in [6.07, 6.45) is 6.18. The average molecular weight is 328 g/mol. The zero-order valence-electron chi connectivity index (χ0n) is 13.8. The van der Waals surface area contributed by atoms with Crippen LogP contribution in [0.2, 0.25) is 0 Å². The second kappa shape index (κ2) is 5.37. The van der Waals surface area contributed by atoms with Gasteiger partial charge in [0.2, 0.25) is 0 Å². The minimum absolute atomic E-state index is 0.666. The molecule has 1 aromatic carbocycles. The number of pyridine rings is 1. The van der Waals surface area contributed by atoms with Crippen molar-refractivity contribution in [3.05, 3.63) is 77.9 Å². The molecule has 4 aromatic rings. The summed E-state index contributed by atoms with van der Waals surface area (Å²) < 4.78 is 4.13. The molecular formula is C19H16N6. The van der Waals surface area contributed by atoms with Gasteiger partial charge in [-0.3, -0.25) is 4.98 Å². The van der Waals surface area contributed by atoms with E-state index in [-0.39, 0.29) is 0 Å². The summed E-state index contributed by atoms with van der Waals surface area (Å²) in [5.41, 5.74) is 5.50. The molecule has 122 valence electrons. The van der Waals surface area contributed by atoms with Crippen molar-refractivity contribution in [1.29, 1.82) is 0 Å². The number of hydrogen-bond donors (Lipinski definition) is 0. The zero-order chi connectivity index (χ0) is 16.8. The van der Waals surface area contributed by atoms with Crippen LogP contribution in [0.25, 0.3) is 17.1 Å². The molecular weight excluding hydrogens is 312 g/mol. The molecule has 0 radical (unpaired) electrons. The summed E-state index contributed by atoms with van der Waals surface area (Å²) in [7, 11) is 0. The van der Waals surface area contributed by atoms with Gasteiger partial charge in [0.15, 0.2) is 11.6 Å². The second-order valence-electron chi connectivity index (χ2n) is 6.21. The van der Waals surface area contributed by atoms with Gasteiger partial charge in [-0.05, 0) is 36.8 Å². The fourth-order valence-corrected chi connectivity index (χ4v) is 3.33. The lowest BCUT2D eigenvalue weighted by Crippen LogP contribution is -2.06. The van der Waals surface area contributed by atoms with E-state index in [0.29, 0.717) is 13.0 Å². The molecule has 0 fully saturated rings. The summed E-state index contributed by atoms with van der Waals surface area (Å²) in [5.74, 6) is 1.73. The summed E-state index contributed by atoms with van der Waals surface area (Å²) in [6, 6.07) is 12.3. The molecule has 6 nitrogen and oxygen atoms in total. The van der Waals surface area contributed by atoms with Crippen molar-refractivity contribution in [3.63, 3.8) is 0 Å². The quantitative estimate of drug-likeness (QED) is 0.500. The van der Waals surface area contributed by atoms with Crippen molar-refractivity contribution in [2.24, 2.45) is 0 Å². The molecule has 0 amide bonds. The smallest absolute Gasteiger partial charge is 0.160 e. The Labute approximate surface area is 144 Å². The van der Waals surface area contributed by atoms with E-state index in [2.05, 4.69) is 26.7 Å². The second-order valence-corrected chi connectivity index (χ2v) is 6.21. The van der Waals surface area contributed by atoms with Gasteiger partial charge in [-0.15, -0.1) is 0 Å². The van der Waals surface area contributed by atoms with E-state index in [1.54, 1.807) is 12.4 Å². The SMILES string of the molecule is Cc1ncn2c1Cn1nc(Cc3ccncc3)nc1-c1ccccc1-2. The van der Waals surface area contributed by atoms with Gasteiger partial charge >= 0.3 is 0 Å². The molecule has 6 heteroatoms. The van der Waals surface area contributed by atoms with Crippen molar-refractivity contribution in [1.82, 2.24) is 29.3 Å². The molecule has 0 aliphatic carbocycles. The normalized spacial score (nSPS) is 12.2. The molecule has 5 rings (SSSR count). The molecule has 0 saturated heterocycles. The van der Waals surface area contributed by atoms with Crippen molar-refractivity contribution >= 4 is 0 Å². The van der Waals surface area contributed by atoms with Gasteiger partial charge in [-0.2, -0.15) is 5.10 Å². The Morgan fingerprint density at radius 2 is 1.92 bits per heavy atom. The van der Waals surface area contributed by atoms with E-state index in [9.17, 15) is 0 Å². The van der Waals surface area contributed by atoms with Gasteiger partial charge in [0.05, 0.1) is 29.9 Å². The first-order valence-corrected chi connectivity index (χ1v) is 8.25. The number of aryl methyl sites for hydroxylation is 1. The molecule has 1 aliphatic rings. The molecule has 0 saturated carbocycles. The van der Waals surface area contributed by atoms with E-state index in [1.165, 1.54) is 0 Å². The Hall–Kier alpha value is -3.28. The number of fused-ring (bicyclic) bond motifs is 5. The fraction of sp³-hybridized carbons (Fsp3) is 0.158. The number of nitrogens with zero attached hydrogens (tertiary/aromatic N) is 6. The molecule has 4 heterocycles. The highest BCUT2D eigenvalue weighted by atomic mass is 15.4. The minimum Gasteiger partial charge on any atom is -0.300 e. The summed E-state index contributed by atoms with van der Waals surface area (Å²) in [6.45, 7) is 2.70. The van der Waals surface area contributed by atoms with E-state index in [1.807, 2.05) is 42.2 Å². The van der Waals surface area contributed by atoms with Gasteiger partial charge in [0, 0.05) is 24.4 Å². The van der Waals surface area contributed by atoms with Crippen LogP contribution in [-0.2, 0) is 13.0 Å². The highest BCUT2D eigenvalue weighted by Gasteiger charge is 2.23. The van der Waals surface area contributed by atoms with Crippen LogP contribution >= 0.6 is 0 Å². The van der Waals surface area contributed by atoms with E-state index in [0.717, 1.165) is 39.9 Å². The van der Waals surface area contributed by atoms with Gasteiger partial charge in [-0.25, -0.2) is 14.6 Å². The van der Waals surface area contributed by atoms with Crippen LogP contribution in [0.5, 0.6) is 0 Å². The van der Waals surface area contributed by atoms with E-state index >= 15 is 0 Å². The van der Waals surface area contributed by atoms with Gasteiger partial charge < -0.3 is 4.57 Å². The Bertz CT molecular complexity index is 1060. The summed E-state index contributed by atoms with van der Waals surface area (Å²) >= 11 is 0. The number of para-hydroxylation sites is 1. The molecule has 0 atom stereocenters. The molecule has 0 N–H and O–H groups in total. The molecule has 0 spiro atoms. The summed E-state index contributed by atoms with van der Waals surface area (Å²) in [5, 5.41) is 4.77. The van der Waals surface area contributed by atoms with Crippen molar-refractivity contribution in [2.75, 3.05) is 0 Å². The molecule has 0 bridgehead atoms. The Morgan fingerprint density at radius 1 is 1.08 bits per heavy atom. The van der Waals surface area contributed by atoms with Crippen LogP contribution in [-0.4, -0.2) is 29.3 Å². The number of imidazole rings is 1. The third-order valence-electron chi connectivity index (χ3n) is 4.61. The van der Waals surface area contributed by atoms with Crippen molar-refractivity contribution < 1.29 is 0 Å². The maximum absolute atomic E-state index is 4.84. The average Bonchev–Trinajstić information content (AvgIpc) is 3.17. The monoisotopic (exact) mass is 328 g/mol. The van der Waals surface area contributed by atoms with Crippen molar-refractivity contribution in [3.8, 4) is 17.1 Å². The first-order valence-electron chi connectivity index (χ1n) is 8.25. The predicted molar refractivity (Wildman–Crippen MR) is 93.5 cm³/mol. The lowest BCUT2D eigenvalue weighted by molar-refractivity contribution is 0.664. The molecule has 1 aliphatic heterocycles. The van der Waals surface area contributed by atoms with Gasteiger partial charge in [-0.1, -0.05) is 12.1 Å². The predicted octanol–water partition coefficient (Wildman–Crippen LogP) is 2.79. The Morgan fingerprint density at radius 3 is 2.80 bits per heavy atom.